The topological polar surface area (TPSA) is 93.5 Å². The minimum absolute atomic E-state index is 0.0944. The summed E-state index contributed by atoms with van der Waals surface area (Å²) >= 11 is 0. The molecule has 1 aromatic carbocycles. The molecule has 1 fully saturated rings. The average Bonchev–Trinajstić information content (AvgIpc) is 2.91. The van der Waals surface area contributed by atoms with Gasteiger partial charge in [0.2, 0.25) is 5.91 Å². The Morgan fingerprint density at radius 3 is 2.46 bits per heavy atom. The van der Waals surface area contributed by atoms with Crippen LogP contribution in [-0.4, -0.2) is 52.7 Å². The molecule has 0 saturated carbocycles. The van der Waals surface area contributed by atoms with Gasteiger partial charge in [0.05, 0.1) is 19.6 Å². The minimum atomic E-state index is -0.824. The first-order chi connectivity index (χ1) is 19.5. The van der Waals surface area contributed by atoms with E-state index < -0.39 is 24.2 Å². The second-order valence-electron chi connectivity index (χ2n) is 11.3. The van der Waals surface area contributed by atoms with Gasteiger partial charge >= 0.3 is 5.97 Å². The molecule has 0 radical (unpaired) electrons. The molecule has 1 aliphatic rings. The molecule has 3 aromatic rings. The Kier molecular flexibility index (Phi) is 9.70. The molecule has 41 heavy (non-hydrogen) atoms. The van der Waals surface area contributed by atoms with Crippen molar-refractivity contribution in [2.75, 3.05) is 20.2 Å². The molecule has 8 nitrogen and oxygen atoms in total. The molecule has 2 unspecified atom stereocenters. The van der Waals surface area contributed by atoms with Gasteiger partial charge in [-0.15, -0.1) is 0 Å². The number of pyridine rings is 2. The normalized spacial score (nSPS) is 15.3. The molecule has 1 aliphatic heterocycles. The third-order valence-corrected chi connectivity index (χ3v) is 7.50. The van der Waals surface area contributed by atoms with Crippen LogP contribution in [0, 0.1) is 19.8 Å². The van der Waals surface area contributed by atoms with Crippen LogP contribution in [0.1, 0.15) is 61.0 Å². The van der Waals surface area contributed by atoms with Gasteiger partial charge in [-0.2, -0.15) is 0 Å². The predicted molar refractivity (Wildman–Crippen MR) is 156 cm³/mol. The maximum atomic E-state index is 13.9. The molecule has 1 saturated heterocycles. The zero-order chi connectivity index (χ0) is 29.7. The van der Waals surface area contributed by atoms with E-state index in [1.54, 1.807) is 24.7 Å². The highest BCUT2D eigenvalue weighted by Gasteiger charge is 2.29. The van der Waals surface area contributed by atoms with Crippen molar-refractivity contribution in [3.63, 3.8) is 0 Å². The smallest absolute Gasteiger partial charge is 0.307 e. The summed E-state index contributed by atoms with van der Waals surface area (Å²) in [5.41, 5.74) is 5.30. The van der Waals surface area contributed by atoms with E-state index in [0.29, 0.717) is 31.6 Å². The van der Waals surface area contributed by atoms with Crippen LogP contribution in [0.2, 0.25) is 0 Å². The van der Waals surface area contributed by atoms with Crippen molar-refractivity contribution in [2.45, 2.75) is 65.3 Å². The number of hydrogen-bond acceptors (Lipinski definition) is 6. The first kappa shape index (κ1) is 30.1. The lowest BCUT2D eigenvalue weighted by Crippen LogP contribution is -2.47. The van der Waals surface area contributed by atoms with Crippen LogP contribution in [-0.2, 0) is 20.9 Å². The van der Waals surface area contributed by atoms with E-state index in [9.17, 15) is 18.8 Å². The molecule has 1 amide bonds. The maximum absolute atomic E-state index is 13.9. The van der Waals surface area contributed by atoms with E-state index in [4.69, 9.17) is 4.74 Å². The van der Waals surface area contributed by atoms with E-state index in [2.05, 4.69) is 10.3 Å². The second-order valence-corrected chi connectivity index (χ2v) is 11.3. The number of hydrogen-bond donors (Lipinski definition) is 1. The van der Waals surface area contributed by atoms with Crippen LogP contribution < -0.4 is 10.9 Å². The zero-order valence-corrected chi connectivity index (χ0v) is 24.4. The molecule has 3 heterocycles. The van der Waals surface area contributed by atoms with E-state index in [1.807, 2.05) is 56.9 Å². The Balaban J connectivity index is 1.66. The molecule has 0 bridgehead atoms. The molecule has 1 N–H and O–H groups in total. The van der Waals surface area contributed by atoms with Crippen LogP contribution in [0.4, 0.5) is 4.39 Å². The highest BCUT2D eigenvalue weighted by atomic mass is 19.1. The monoisotopic (exact) mass is 562 g/mol. The molecule has 2 atom stereocenters. The number of methoxy groups -OCH3 is 1. The molecule has 9 heteroatoms. The van der Waals surface area contributed by atoms with Gasteiger partial charge in [-0.25, -0.2) is 4.39 Å². The number of carbonyl (C=O) groups is 2. The molecular weight excluding hydrogens is 523 g/mol. The first-order valence-corrected chi connectivity index (χ1v) is 14.0. The summed E-state index contributed by atoms with van der Waals surface area (Å²) in [4.78, 5) is 45.7. The number of benzene rings is 1. The second kappa shape index (κ2) is 13.2. The Labute approximate surface area is 240 Å². The third-order valence-electron chi connectivity index (χ3n) is 7.50. The fourth-order valence-corrected chi connectivity index (χ4v) is 5.40. The van der Waals surface area contributed by atoms with E-state index in [1.165, 1.54) is 17.7 Å². The molecular formula is C32H39FN4O4. The van der Waals surface area contributed by atoms with Crippen molar-refractivity contribution in [1.82, 2.24) is 19.8 Å². The fourth-order valence-electron chi connectivity index (χ4n) is 5.40. The van der Waals surface area contributed by atoms with Crippen molar-refractivity contribution in [2.24, 2.45) is 5.92 Å². The Morgan fingerprint density at radius 1 is 1.12 bits per heavy atom. The summed E-state index contributed by atoms with van der Waals surface area (Å²) in [5, 5.41) is 3.03. The number of nitrogens with one attached hydrogen (secondary N) is 1. The Hall–Kier alpha value is -3.85. The molecule has 0 aliphatic carbocycles. The van der Waals surface area contributed by atoms with Crippen LogP contribution in [0.25, 0.3) is 11.1 Å². The maximum Gasteiger partial charge on any atom is 0.307 e. The highest BCUT2D eigenvalue weighted by molar-refractivity contribution is 5.82. The molecule has 2 aromatic heterocycles. The van der Waals surface area contributed by atoms with Crippen molar-refractivity contribution in [3.05, 3.63) is 87.6 Å². The average molecular weight is 563 g/mol. The number of nitrogens with zero attached hydrogens (tertiary/aromatic N) is 3. The van der Waals surface area contributed by atoms with Gasteiger partial charge < -0.3 is 14.6 Å². The number of carbonyl (C=O) groups excluding carboxylic acids is 2. The number of ether oxygens (including phenoxy) is 1. The molecule has 0 spiro atoms. The molecule has 4 rings (SSSR count). The lowest BCUT2D eigenvalue weighted by molar-refractivity contribution is -0.141. The van der Waals surface area contributed by atoms with Gasteiger partial charge in [-0.1, -0.05) is 38.1 Å². The minimum Gasteiger partial charge on any atom is -0.469 e. The summed E-state index contributed by atoms with van der Waals surface area (Å²) in [5.74, 6) is -0.748. The number of halogens is 1. The number of aromatic nitrogens is 2. The lowest BCUT2D eigenvalue weighted by Gasteiger charge is -2.34. The summed E-state index contributed by atoms with van der Waals surface area (Å²) in [6.45, 7) is 9.25. The van der Waals surface area contributed by atoms with E-state index >= 15 is 0 Å². The Bertz CT molecular complexity index is 1430. The summed E-state index contributed by atoms with van der Waals surface area (Å²) in [6, 6.07) is 9.65. The quantitative estimate of drug-likeness (QED) is 0.341. The number of alkyl halides is 1. The van der Waals surface area contributed by atoms with Gasteiger partial charge in [0, 0.05) is 49.9 Å². The van der Waals surface area contributed by atoms with Crippen LogP contribution in [0.5, 0.6) is 0 Å². The van der Waals surface area contributed by atoms with E-state index in [-0.39, 0.29) is 23.8 Å². The van der Waals surface area contributed by atoms with Crippen molar-refractivity contribution >= 4 is 11.9 Å². The molecule has 218 valence electrons. The lowest BCUT2D eigenvalue weighted by atomic mass is 9.94. The largest absolute Gasteiger partial charge is 0.469 e. The van der Waals surface area contributed by atoms with Crippen molar-refractivity contribution in [3.8, 4) is 11.1 Å². The van der Waals surface area contributed by atoms with Crippen molar-refractivity contribution in [1.29, 1.82) is 0 Å². The highest BCUT2D eigenvalue weighted by Crippen LogP contribution is 2.30. The van der Waals surface area contributed by atoms with Crippen LogP contribution in [0.3, 0.4) is 0 Å². The fraction of sp³-hybridized carbons (Fsp3) is 0.438. The van der Waals surface area contributed by atoms with Crippen LogP contribution >= 0.6 is 0 Å². The van der Waals surface area contributed by atoms with Gasteiger partial charge in [0.15, 0.2) is 0 Å². The van der Waals surface area contributed by atoms with Crippen LogP contribution in [0.15, 0.2) is 59.8 Å². The summed E-state index contributed by atoms with van der Waals surface area (Å²) < 4.78 is 19.7. The number of aryl methyl sites for hydroxylation is 2. The standard InChI is InChI=1S/C32H39FN4O4/c1-20(2)11-28(37-17-23(9-10-29(37)38)16-36-18-26(33)19-36)32(40)35-27(13-30(39)41-5)24-12-25(15-34-14-24)31-21(3)7-6-8-22(31)4/h6-10,12,14-15,17,20,26-28H,11,13,16,18-19H2,1-5H3,(H,35,40). The number of esters is 1. The van der Waals surface area contributed by atoms with Gasteiger partial charge in [-0.05, 0) is 60.1 Å². The van der Waals surface area contributed by atoms with E-state index in [0.717, 1.165) is 27.8 Å². The summed E-state index contributed by atoms with van der Waals surface area (Å²) in [6.07, 6.45) is 4.60. The Morgan fingerprint density at radius 2 is 1.83 bits per heavy atom. The predicted octanol–water partition coefficient (Wildman–Crippen LogP) is 4.69. The van der Waals surface area contributed by atoms with Gasteiger partial charge in [0.1, 0.15) is 12.2 Å². The number of likely N-dealkylation sites (tertiary alicyclic amines) is 1. The van der Waals surface area contributed by atoms with Gasteiger partial charge in [-0.3, -0.25) is 24.3 Å². The SMILES string of the molecule is COC(=O)CC(NC(=O)C(CC(C)C)n1cc(CN2CC(F)C2)ccc1=O)c1cncc(-c2c(C)cccc2C)c1. The van der Waals surface area contributed by atoms with Gasteiger partial charge in [0.25, 0.3) is 5.56 Å². The first-order valence-electron chi connectivity index (χ1n) is 14.0. The number of amides is 1. The number of rotatable bonds is 11. The van der Waals surface area contributed by atoms with Crippen molar-refractivity contribution < 1.29 is 18.7 Å². The summed E-state index contributed by atoms with van der Waals surface area (Å²) in [7, 11) is 1.31. The third kappa shape index (κ3) is 7.47. The zero-order valence-electron chi connectivity index (χ0n) is 24.4.